The minimum atomic E-state index is -0.427. The Morgan fingerprint density at radius 1 is 1.11 bits per heavy atom. The molecule has 7 atom stereocenters. The quantitative estimate of drug-likeness (QED) is 0.502. The van der Waals surface area contributed by atoms with Gasteiger partial charge in [-0.2, -0.15) is 0 Å². The summed E-state index contributed by atoms with van der Waals surface area (Å²) < 4.78 is 5.87. The number of esters is 1. The summed E-state index contributed by atoms with van der Waals surface area (Å²) in [5.74, 6) is 2.07. The first-order valence-corrected chi connectivity index (χ1v) is 11.1. The normalized spacial score (nSPS) is 46.7. The number of allylic oxidation sites excluding steroid dienone is 1. The molecule has 0 heterocycles. The number of aliphatic hydroxyl groups is 1. The molecular formula is C24H38O3. The number of hydrogen-bond donors (Lipinski definition) is 1. The maximum atomic E-state index is 12.3. The minimum Gasteiger partial charge on any atom is -0.462 e. The second-order valence-electron chi connectivity index (χ2n) is 11.4. The van der Waals surface area contributed by atoms with Crippen LogP contribution in [0.25, 0.3) is 0 Å². The first kappa shape index (κ1) is 19.5. The zero-order valence-corrected chi connectivity index (χ0v) is 17.9. The van der Waals surface area contributed by atoms with E-state index in [0.29, 0.717) is 5.92 Å². The molecule has 0 aromatic carbocycles. The standard InChI is InChI=1S/C24H38O3/c1-22(2,3)21(26)27-16-10-12-23(4)15(14-16)6-7-17-18-8-9-20(25)24(18,5)13-11-19(17)23/h6,16-20,25H,7-14H2,1-5H3/t16-,17-,18-,19-,20?,23-,24-/m0/s1. The number of aliphatic hydroxyl groups excluding tert-OH is 1. The summed E-state index contributed by atoms with van der Waals surface area (Å²) in [5.41, 5.74) is 1.53. The van der Waals surface area contributed by atoms with Gasteiger partial charge < -0.3 is 9.84 Å². The molecule has 0 spiro atoms. The Balaban J connectivity index is 1.52. The van der Waals surface area contributed by atoms with Crippen LogP contribution in [0.15, 0.2) is 11.6 Å². The summed E-state index contributed by atoms with van der Waals surface area (Å²) in [5, 5.41) is 10.6. The van der Waals surface area contributed by atoms with Gasteiger partial charge in [0.25, 0.3) is 0 Å². The summed E-state index contributed by atoms with van der Waals surface area (Å²) in [7, 11) is 0. The van der Waals surface area contributed by atoms with Crippen molar-refractivity contribution in [2.45, 2.75) is 98.2 Å². The molecule has 1 unspecified atom stereocenters. The Morgan fingerprint density at radius 3 is 2.56 bits per heavy atom. The Labute approximate surface area is 164 Å². The van der Waals surface area contributed by atoms with E-state index < -0.39 is 5.41 Å². The predicted molar refractivity (Wildman–Crippen MR) is 107 cm³/mol. The molecule has 3 nitrogen and oxygen atoms in total. The van der Waals surface area contributed by atoms with Crippen molar-refractivity contribution < 1.29 is 14.6 Å². The number of carbonyl (C=O) groups is 1. The van der Waals surface area contributed by atoms with Gasteiger partial charge in [-0.15, -0.1) is 0 Å². The lowest BCUT2D eigenvalue weighted by atomic mass is 9.48. The second kappa shape index (κ2) is 6.34. The fourth-order valence-electron chi connectivity index (χ4n) is 7.03. The molecule has 0 amide bonds. The van der Waals surface area contributed by atoms with Gasteiger partial charge in [-0.1, -0.05) is 25.5 Å². The van der Waals surface area contributed by atoms with E-state index in [1.165, 1.54) is 19.3 Å². The third kappa shape index (κ3) is 2.99. The van der Waals surface area contributed by atoms with Crippen LogP contribution in [0.5, 0.6) is 0 Å². The summed E-state index contributed by atoms with van der Waals surface area (Å²) in [6, 6.07) is 0. The van der Waals surface area contributed by atoms with Crippen molar-refractivity contribution in [3.8, 4) is 0 Å². The van der Waals surface area contributed by atoms with Crippen molar-refractivity contribution in [3.05, 3.63) is 11.6 Å². The van der Waals surface area contributed by atoms with E-state index in [4.69, 9.17) is 4.74 Å². The van der Waals surface area contributed by atoms with Gasteiger partial charge in [0.05, 0.1) is 11.5 Å². The second-order valence-corrected chi connectivity index (χ2v) is 11.4. The van der Waals surface area contributed by atoms with Gasteiger partial charge in [0, 0.05) is 6.42 Å². The van der Waals surface area contributed by atoms with Gasteiger partial charge in [0.2, 0.25) is 0 Å². The van der Waals surface area contributed by atoms with Crippen LogP contribution in [0.1, 0.15) is 86.0 Å². The smallest absolute Gasteiger partial charge is 0.311 e. The lowest BCUT2D eigenvalue weighted by Crippen LogP contribution is -2.51. The van der Waals surface area contributed by atoms with Gasteiger partial charge in [0.15, 0.2) is 0 Å². The molecule has 3 fully saturated rings. The van der Waals surface area contributed by atoms with Crippen molar-refractivity contribution in [3.63, 3.8) is 0 Å². The number of rotatable bonds is 1. The molecule has 4 rings (SSSR count). The van der Waals surface area contributed by atoms with Crippen LogP contribution in [-0.2, 0) is 9.53 Å². The maximum absolute atomic E-state index is 12.3. The molecule has 1 N–H and O–H groups in total. The molecule has 4 aliphatic rings. The van der Waals surface area contributed by atoms with Crippen LogP contribution >= 0.6 is 0 Å². The van der Waals surface area contributed by atoms with Crippen LogP contribution < -0.4 is 0 Å². The molecule has 0 bridgehead atoms. The molecule has 0 radical (unpaired) electrons. The van der Waals surface area contributed by atoms with E-state index in [-0.39, 0.29) is 29.0 Å². The lowest BCUT2D eigenvalue weighted by Gasteiger charge is -2.57. The number of fused-ring (bicyclic) bond motifs is 5. The maximum Gasteiger partial charge on any atom is 0.311 e. The summed E-state index contributed by atoms with van der Waals surface area (Å²) in [6.07, 6.45) is 11.2. The minimum absolute atomic E-state index is 0.0507. The summed E-state index contributed by atoms with van der Waals surface area (Å²) >= 11 is 0. The SMILES string of the molecule is CC(C)(C)C(=O)O[C@H]1CC[C@@]2(C)C(=CC[C@@H]3[C@@H]2CC[C@]2(C)C(O)CC[C@@H]32)C1. The highest BCUT2D eigenvalue weighted by molar-refractivity contribution is 5.75. The number of carbonyl (C=O) groups excluding carboxylic acids is 1. The lowest BCUT2D eigenvalue weighted by molar-refractivity contribution is -0.161. The Morgan fingerprint density at radius 2 is 1.85 bits per heavy atom. The van der Waals surface area contributed by atoms with Gasteiger partial charge >= 0.3 is 5.97 Å². The molecule has 4 aliphatic carbocycles. The van der Waals surface area contributed by atoms with Crippen molar-refractivity contribution in [2.75, 3.05) is 0 Å². The third-order valence-corrected chi connectivity index (χ3v) is 8.89. The number of hydrogen-bond acceptors (Lipinski definition) is 3. The highest BCUT2D eigenvalue weighted by atomic mass is 16.5. The molecule has 3 heteroatoms. The summed E-state index contributed by atoms with van der Waals surface area (Å²) in [6.45, 7) is 10.6. The topological polar surface area (TPSA) is 46.5 Å². The predicted octanol–water partition coefficient (Wildman–Crippen LogP) is 5.27. The Hall–Kier alpha value is -0.830. The summed E-state index contributed by atoms with van der Waals surface area (Å²) in [4.78, 5) is 12.3. The largest absolute Gasteiger partial charge is 0.462 e. The van der Waals surface area contributed by atoms with Crippen molar-refractivity contribution in [1.29, 1.82) is 0 Å². The van der Waals surface area contributed by atoms with E-state index >= 15 is 0 Å². The Kier molecular flexibility index (Phi) is 4.57. The van der Waals surface area contributed by atoms with Crippen molar-refractivity contribution in [2.24, 2.45) is 34.0 Å². The average molecular weight is 375 g/mol. The monoisotopic (exact) mass is 374 g/mol. The van der Waals surface area contributed by atoms with Crippen LogP contribution in [0.2, 0.25) is 0 Å². The van der Waals surface area contributed by atoms with Crippen LogP contribution in [-0.4, -0.2) is 23.3 Å². The first-order valence-electron chi connectivity index (χ1n) is 11.1. The third-order valence-electron chi connectivity index (χ3n) is 8.89. The van der Waals surface area contributed by atoms with E-state index in [9.17, 15) is 9.90 Å². The van der Waals surface area contributed by atoms with E-state index in [1.54, 1.807) is 5.57 Å². The van der Waals surface area contributed by atoms with E-state index in [1.807, 2.05) is 20.8 Å². The first-order chi connectivity index (χ1) is 12.6. The van der Waals surface area contributed by atoms with Gasteiger partial charge in [0.1, 0.15) is 6.10 Å². The molecular weight excluding hydrogens is 336 g/mol. The fourth-order valence-corrected chi connectivity index (χ4v) is 7.03. The van der Waals surface area contributed by atoms with Crippen LogP contribution in [0.3, 0.4) is 0 Å². The molecule has 3 saturated carbocycles. The van der Waals surface area contributed by atoms with Gasteiger partial charge in [-0.05, 0) is 94.3 Å². The highest BCUT2D eigenvalue weighted by Gasteiger charge is 2.58. The van der Waals surface area contributed by atoms with E-state index in [0.717, 1.165) is 43.9 Å². The fraction of sp³-hybridized carbons (Fsp3) is 0.875. The average Bonchev–Trinajstić information content (AvgIpc) is 2.89. The van der Waals surface area contributed by atoms with Gasteiger partial charge in [-0.25, -0.2) is 0 Å². The molecule has 152 valence electrons. The van der Waals surface area contributed by atoms with Crippen molar-refractivity contribution >= 4 is 5.97 Å². The molecule has 0 saturated heterocycles. The zero-order valence-electron chi connectivity index (χ0n) is 17.9. The molecule has 0 aliphatic heterocycles. The van der Waals surface area contributed by atoms with Crippen LogP contribution in [0.4, 0.5) is 0 Å². The van der Waals surface area contributed by atoms with Crippen molar-refractivity contribution in [1.82, 2.24) is 0 Å². The van der Waals surface area contributed by atoms with Gasteiger partial charge in [-0.3, -0.25) is 4.79 Å². The zero-order chi connectivity index (χ0) is 19.6. The Bertz CT molecular complexity index is 645. The molecule has 0 aromatic heterocycles. The number of ether oxygens (including phenoxy) is 1. The highest BCUT2D eigenvalue weighted by Crippen LogP contribution is 2.64. The van der Waals surface area contributed by atoms with E-state index in [2.05, 4.69) is 19.9 Å². The molecule has 0 aromatic rings. The van der Waals surface area contributed by atoms with Crippen LogP contribution in [0, 0.1) is 34.0 Å². The molecule has 27 heavy (non-hydrogen) atoms.